The van der Waals surface area contributed by atoms with Crippen molar-refractivity contribution in [2.45, 2.75) is 6.18 Å². The van der Waals surface area contributed by atoms with Crippen molar-refractivity contribution in [3.8, 4) is 0 Å². The highest BCUT2D eigenvalue weighted by Crippen LogP contribution is 2.33. The number of carbonyl (C=O) groups is 1. The summed E-state index contributed by atoms with van der Waals surface area (Å²) in [6.07, 6.45) is -2.71. The minimum absolute atomic E-state index is 0.0970. The molecular weight excluding hydrogens is 358 g/mol. The molecule has 0 fully saturated rings. The Morgan fingerprint density at radius 2 is 1.95 bits per heavy atom. The molecule has 1 heterocycles. The fraction of sp³-hybridized carbons (Fsp3) is 0.0769. The van der Waals surface area contributed by atoms with Crippen molar-refractivity contribution in [3.05, 3.63) is 62.8 Å². The molecule has 1 aromatic carbocycles. The zero-order valence-corrected chi connectivity index (χ0v) is 12.1. The van der Waals surface area contributed by atoms with E-state index in [1.807, 2.05) is 0 Å². The first-order valence-electron chi connectivity index (χ1n) is 5.31. The van der Waals surface area contributed by atoms with Gasteiger partial charge in [-0.15, -0.1) is 0 Å². The molecule has 0 atom stereocenters. The maximum Gasteiger partial charge on any atom is 0.417 e. The van der Waals surface area contributed by atoms with Crippen LogP contribution in [0.4, 0.5) is 13.2 Å². The Kier molecular flexibility index (Phi) is 4.15. The molecule has 0 saturated carbocycles. The molecule has 0 aliphatic carbocycles. The number of carbonyl (C=O) groups excluding carboxylic acids is 1. The first kappa shape index (κ1) is 15.0. The molecule has 2 rings (SSSR count). The smallest absolute Gasteiger partial charge is 0.289 e. The quantitative estimate of drug-likeness (QED) is 0.720. The minimum Gasteiger partial charge on any atom is -0.289 e. The predicted octanol–water partition coefficient (Wildman–Crippen LogP) is 4.75. The van der Waals surface area contributed by atoms with Gasteiger partial charge in [0.25, 0.3) is 0 Å². The molecule has 0 aliphatic rings. The van der Waals surface area contributed by atoms with Crippen LogP contribution in [0.15, 0.2) is 41.1 Å². The second-order valence-corrected chi connectivity index (χ2v) is 5.14. The molecule has 7 heteroatoms. The van der Waals surface area contributed by atoms with E-state index in [1.165, 1.54) is 18.2 Å². The van der Waals surface area contributed by atoms with Gasteiger partial charge in [-0.25, -0.2) is 0 Å². The van der Waals surface area contributed by atoms with Crippen LogP contribution < -0.4 is 0 Å². The average molecular weight is 365 g/mol. The van der Waals surface area contributed by atoms with Crippen LogP contribution in [0.25, 0.3) is 0 Å². The molecule has 0 amide bonds. The van der Waals surface area contributed by atoms with E-state index in [4.69, 9.17) is 11.6 Å². The van der Waals surface area contributed by atoms with Gasteiger partial charge in [0.15, 0.2) is 5.78 Å². The zero-order valence-electron chi connectivity index (χ0n) is 9.71. The molecular formula is C13H6BrClF3NO. The molecule has 0 spiro atoms. The fourth-order valence-corrected chi connectivity index (χ4v) is 2.11. The summed E-state index contributed by atoms with van der Waals surface area (Å²) in [5.74, 6) is -0.761. The van der Waals surface area contributed by atoms with E-state index in [9.17, 15) is 18.0 Å². The van der Waals surface area contributed by atoms with Gasteiger partial charge in [-0.05, 0) is 40.2 Å². The Morgan fingerprint density at radius 3 is 2.55 bits per heavy atom. The van der Waals surface area contributed by atoms with Crippen molar-refractivity contribution in [3.63, 3.8) is 0 Å². The molecule has 1 aromatic heterocycles. The van der Waals surface area contributed by atoms with Crippen LogP contribution in [0, 0.1) is 0 Å². The molecule has 0 unspecified atom stereocenters. The average Bonchev–Trinajstić information content (AvgIpc) is 2.40. The number of hydrogen-bond acceptors (Lipinski definition) is 2. The van der Waals surface area contributed by atoms with E-state index >= 15 is 0 Å². The van der Waals surface area contributed by atoms with Gasteiger partial charge in [-0.1, -0.05) is 11.6 Å². The number of pyridine rings is 1. The predicted molar refractivity (Wildman–Crippen MR) is 71.8 cm³/mol. The number of benzene rings is 1. The van der Waals surface area contributed by atoms with Crippen molar-refractivity contribution >= 4 is 33.3 Å². The summed E-state index contributed by atoms with van der Waals surface area (Å²) in [6, 6.07) is 4.95. The Bertz CT molecular complexity index is 673. The molecule has 0 aliphatic heterocycles. The number of aromatic nitrogens is 1. The summed E-state index contributed by atoms with van der Waals surface area (Å²) in [5, 5.41) is 0.365. The monoisotopic (exact) mass is 363 g/mol. The summed E-state index contributed by atoms with van der Waals surface area (Å²) in [5.41, 5.74) is -1.41. The highest BCUT2D eigenvalue weighted by Gasteiger charge is 2.35. The lowest BCUT2D eigenvalue weighted by Crippen LogP contribution is -2.14. The lowest BCUT2D eigenvalue weighted by molar-refractivity contribution is -0.137. The number of halogens is 5. The van der Waals surface area contributed by atoms with Gasteiger partial charge in [0.05, 0.1) is 16.1 Å². The van der Waals surface area contributed by atoms with Crippen molar-refractivity contribution < 1.29 is 18.0 Å². The van der Waals surface area contributed by atoms with E-state index in [0.717, 1.165) is 18.5 Å². The van der Waals surface area contributed by atoms with Crippen LogP contribution in [-0.4, -0.2) is 10.8 Å². The summed E-state index contributed by atoms with van der Waals surface area (Å²) in [4.78, 5) is 15.8. The first-order chi connectivity index (χ1) is 9.30. The third kappa shape index (κ3) is 3.02. The van der Waals surface area contributed by atoms with Crippen molar-refractivity contribution in [1.82, 2.24) is 4.98 Å². The fourth-order valence-electron chi connectivity index (χ4n) is 1.62. The number of ketones is 1. The van der Waals surface area contributed by atoms with E-state index in [-0.39, 0.29) is 5.56 Å². The van der Waals surface area contributed by atoms with Crippen LogP contribution in [0.2, 0.25) is 5.02 Å². The molecule has 2 nitrogen and oxygen atoms in total. The lowest BCUT2D eigenvalue weighted by atomic mass is 10.0. The topological polar surface area (TPSA) is 30.0 Å². The van der Waals surface area contributed by atoms with E-state index in [2.05, 4.69) is 20.9 Å². The molecule has 20 heavy (non-hydrogen) atoms. The lowest BCUT2D eigenvalue weighted by Gasteiger charge is -2.11. The van der Waals surface area contributed by atoms with Gasteiger partial charge in [-0.3, -0.25) is 9.78 Å². The minimum atomic E-state index is -4.61. The number of alkyl halides is 3. The normalized spacial score (nSPS) is 11.4. The van der Waals surface area contributed by atoms with Gasteiger partial charge >= 0.3 is 6.18 Å². The second-order valence-electron chi connectivity index (χ2n) is 3.88. The molecule has 0 N–H and O–H groups in total. The highest BCUT2D eigenvalue weighted by atomic mass is 79.9. The Morgan fingerprint density at radius 1 is 1.25 bits per heavy atom. The van der Waals surface area contributed by atoms with E-state index in [1.54, 1.807) is 0 Å². The molecule has 104 valence electrons. The third-order valence-electron chi connectivity index (χ3n) is 2.55. The second kappa shape index (κ2) is 5.54. The van der Waals surface area contributed by atoms with Crippen LogP contribution in [-0.2, 0) is 6.18 Å². The largest absolute Gasteiger partial charge is 0.417 e. The van der Waals surface area contributed by atoms with Crippen molar-refractivity contribution in [2.75, 3.05) is 0 Å². The number of hydrogen-bond donors (Lipinski definition) is 0. The summed E-state index contributed by atoms with van der Waals surface area (Å²) >= 11 is 8.91. The van der Waals surface area contributed by atoms with Crippen LogP contribution in [0.1, 0.15) is 21.5 Å². The zero-order chi connectivity index (χ0) is 14.9. The summed E-state index contributed by atoms with van der Waals surface area (Å²) in [7, 11) is 0. The van der Waals surface area contributed by atoms with Crippen molar-refractivity contribution in [2.24, 2.45) is 0 Å². The van der Waals surface area contributed by atoms with Gasteiger partial charge in [0.1, 0.15) is 0 Å². The summed E-state index contributed by atoms with van der Waals surface area (Å²) in [6.45, 7) is 0. The first-order valence-corrected chi connectivity index (χ1v) is 6.49. The summed E-state index contributed by atoms with van der Waals surface area (Å²) < 4.78 is 39.0. The van der Waals surface area contributed by atoms with Crippen LogP contribution >= 0.6 is 27.5 Å². The number of rotatable bonds is 2. The van der Waals surface area contributed by atoms with Crippen molar-refractivity contribution in [1.29, 1.82) is 0 Å². The Balaban J connectivity index is 2.51. The maximum absolute atomic E-state index is 12.9. The Labute approximate surface area is 125 Å². The van der Waals surface area contributed by atoms with Crippen LogP contribution in [0.3, 0.4) is 0 Å². The molecule has 0 saturated heterocycles. The van der Waals surface area contributed by atoms with E-state index < -0.39 is 23.1 Å². The number of nitrogens with zero attached hydrogens (tertiary/aromatic N) is 1. The van der Waals surface area contributed by atoms with Gasteiger partial charge < -0.3 is 0 Å². The van der Waals surface area contributed by atoms with Crippen LogP contribution in [0.5, 0.6) is 0 Å². The van der Waals surface area contributed by atoms with Gasteiger partial charge in [0, 0.05) is 22.4 Å². The van der Waals surface area contributed by atoms with Gasteiger partial charge in [-0.2, -0.15) is 13.2 Å². The van der Waals surface area contributed by atoms with E-state index in [0.29, 0.717) is 9.50 Å². The standard InChI is InChI=1S/C13H6BrClF3NO/c14-10-5-7(1-2-11(10)15)12(20)8-6-19-4-3-9(8)13(16,17)18/h1-6H. The molecule has 2 aromatic rings. The molecule has 0 bridgehead atoms. The highest BCUT2D eigenvalue weighted by molar-refractivity contribution is 9.10. The molecule has 0 radical (unpaired) electrons. The Hall–Kier alpha value is -1.40. The van der Waals surface area contributed by atoms with Gasteiger partial charge in [0.2, 0.25) is 0 Å². The SMILES string of the molecule is O=C(c1ccc(Cl)c(Br)c1)c1cnccc1C(F)(F)F. The maximum atomic E-state index is 12.9. The third-order valence-corrected chi connectivity index (χ3v) is 3.77.